The maximum atomic E-state index is 12.3. The molecular weight excluding hydrogens is 364 g/mol. The van der Waals surface area contributed by atoms with Gasteiger partial charge in [-0.2, -0.15) is 0 Å². The zero-order valence-corrected chi connectivity index (χ0v) is 17.5. The molecule has 0 aliphatic rings. The van der Waals surface area contributed by atoms with Crippen molar-refractivity contribution in [3.63, 3.8) is 0 Å². The summed E-state index contributed by atoms with van der Waals surface area (Å²) in [5, 5.41) is 0. The van der Waals surface area contributed by atoms with Crippen molar-refractivity contribution in [3.05, 3.63) is 77.9 Å². The van der Waals surface area contributed by atoms with Gasteiger partial charge in [-0.3, -0.25) is 4.79 Å². The number of esters is 2. The average molecular weight is 395 g/mol. The first-order valence-corrected chi connectivity index (χ1v) is 10.1. The molecule has 0 bridgehead atoms. The fourth-order valence-corrected chi connectivity index (χ4v) is 2.80. The SMILES string of the molecule is C=CCCC(C)Cc1ccc(C(=O)OCc2ccc(OC(=O)C(C)C)cc2)cc1. The second-order valence-corrected chi connectivity index (χ2v) is 7.67. The molecule has 4 heteroatoms. The van der Waals surface area contributed by atoms with Crippen molar-refractivity contribution in [1.82, 2.24) is 0 Å². The van der Waals surface area contributed by atoms with E-state index in [4.69, 9.17) is 9.47 Å². The summed E-state index contributed by atoms with van der Waals surface area (Å²) in [6.07, 6.45) is 5.06. The Morgan fingerprint density at radius 1 is 0.966 bits per heavy atom. The van der Waals surface area contributed by atoms with E-state index in [1.807, 2.05) is 30.3 Å². The Morgan fingerprint density at radius 3 is 2.17 bits per heavy atom. The highest BCUT2D eigenvalue weighted by Crippen LogP contribution is 2.17. The summed E-state index contributed by atoms with van der Waals surface area (Å²) in [6, 6.07) is 14.6. The average Bonchev–Trinajstić information content (AvgIpc) is 2.72. The van der Waals surface area contributed by atoms with Crippen molar-refractivity contribution < 1.29 is 19.1 Å². The summed E-state index contributed by atoms with van der Waals surface area (Å²) in [5.41, 5.74) is 2.58. The molecule has 0 spiro atoms. The highest BCUT2D eigenvalue weighted by atomic mass is 16.5. The van der Waals surface area contributed by atoms with Crippen LogP contribution in [-0.4, -0.2) is 11.9 Å². The molecule has 1 atom stereocenters. The van der Waals surface area contributed by atoms with Gasteiger partial charge >= 0.3 is 11.9 Å². The van der Waals surface area contributed by atoms with Gasteiger partial charge in [-0.25, -0.2) is 4.79 Å². The molecule has 0 fully saturated rings. The van der Waals surface area contributed by atoms with Crippen molar-refractivity contribution in [3.8, 4) is 5.75 Å². The van der Waals surface area contributed by atoms with Crippen LogP contribution < -0.4 is 4.74 Å². The summed E-state index contributed by atoms with van der Waals surface area (Å²) in [4.78, 5) is 23.9. The third-order valence-corrected chi connectivity index (χ3v) is 4.62. The van der Waals surface area contributed by atoms with E-state index in [0.29, 0.717) is 17.2 Å². The van der Waals surface area contributed by atoms with Crippen molar-refractivity contribution in [2.45, 2.75) is 46.6 Å². The van der Waals surface area contributed by atoms with Crippen molar-refractivity contribution >= 4 is 11.9 Å². The van der Waals surface area contributed by atoms with Crippen LogP contribution in [0.15, 0.2) is 61.2 Å². The minimum absolute atomic E-state index is 0.164. The standard InChI is InChI=1S/C25H30O4/c1-5-6-7-19(4)16-20-8-12-22(13-9-20)25(27)28-17-21-10-14-23(15-11-21)29-24(26)18(2)3/h5,8-15,18-19H,1,6-7,16-17H2,2-4H3. The lowest BCUT2D eigenvalue weighted by Gasteiger charge is -2.11. The van der Waals surface area contributed by atoms with Gasteiger partial charge in [0.1, 0.15) is 12.4 Å². The largest absolute Gasteiger partial charge is 0.457 e. The molecule has 0 aromatic heterocycles. The number of hydrogen-bond acceptors (Lipinski definition) is 4. The zero-order chi connectivity index (χ0) is 21.2. The minimum Gasteiger partial charge on any atom is -0.457 e. The maximum absolute atomic E-state index is 12.3. The molecule has 0 N–H and O–H groups in total. The second-order valence-electron chi connectivity index (χ2n) is 7.67. The Morgan fingerprint density at radius 2 is 1.59 bits per heavy atom. The Bertz CT molecular complexity index is 804. The zero-order valence-electron chi connectivity index (χ0n) is 17.5. The molecule has 0 amide bonds. The first kappa shape index (κ1) is 22.4. The summed E-state index contributed by atoms with van der Waals surface area (Å²) in [5.74, 6) is 0.247. The fourth-order valence-electron chi connectivity index (χ4n) is 2.80. The van der Waals surface area contributed by atoms with E-state index in [0.717, 1.165) is 24.8 Å². The molecular formula is C25H30O4. The van der Waals surface area contributed by atoms with Crippen molar-refractivity contribution in [2.75, 3.05) is 0 Å². The third kappa shape index (κ3) is 7.57. The van der Waals surface area contributed by atoms with E-state index in [9.17, 15) is 9.59 Å². The lowest BCUT2D eigenvalue weighted by atomic mass is 9.96. The van der Waals surface area contributed by atoms with E-state index in [1.54, 1.807) is 38.1 Å². The number of benzene rings is 2. The van der Waals surface area contributed by atoms with Gasteiger partial charge in [-0.05, 0) is 60.6 Å². The lowest BCUT2D eigenvalue weighted by molar-refractivity contribution is -0.137. The van der Waals surface area contributed by atoms with E-state index >= 15 is 0 Å². The van der Waals surface area contributed by atoms with Crippen LogP contribution in [0.1, 0.15) is 55.1 Å². The molecule has 2 aromatic rings. The lowest BCUT2D eigenvalue weighted by Crippen LogP contribution is -2.14. The van der Waals surface area contributed by atoms with Gasteiger partial charge in [0.15, 0.2) is 0 Å². The molecule has 4 nitrogen and oxygen atoms in total. The van der Waals surface area contributed by atoms with Gasteiger partial charge < -0.3 is 9.47 Å². The quantitative estimate of drug-likeness (QED) is 0.292. The fraction of sp³-hybridized carbons (Fsp3) is 0.360. The van der Waals surface area contributed by atoms with E-state index in [-0.39, 0.29) is 24.5 Å². The first-order valence-electron chi connectivity index (χ1n) is 10.1. The predicted octanol–water partition coefficient (Wildman–Crippen LogP) is 5.75. The highest BCUT2D eigenvalue weighted by Gasteiger charge is 2.11. The number of ether oxygens (including phenoxy) is 2. The smallest absolute Gasteiger partial charge is 0.338 e. The third-order valence-electron chi connectivity index (χ3n) is 4.62. The van der Waals surface area contributed by atoms with Gasteiger partial charge in [0.25, 0.3) is 0 Å². The van der Waals surface area contributed by atoms with Crippen molar-refractivity contribution in [2.24, 2.45) is 11.8 Å². The highest BCUT2D eigenvalue weighted by molar-refractivity contribution is 5.89. The first-order chi connectivity index (χ1) is 13.9. The number of carbonyl (C=O) groups excluding carboxylic acids is 2. The monoisotopic (exact) mass is 394 g/mol. The maximum Gasteiger partial charge on any atom is 0.338 e. The molecule has 0 saturated heterocycles. The van der Waals surface area contributed by atoms with E-state index < -0.39 is 0 Å². The number of allylic oxidation sites excluding steroid dienone is 1. The topological polar surface area (TPSA) is 52.6 Å². The Balaban J connectivity index is 1.84. The van der Waals surface area contributed by atoms with Gasteiger partial charge in [0, 0.05) is 0 Å². The summed E-state index contributed by atoms with van der Waals surface area (Å²) in [7, 11) is 0. The van der Waals surface area contributed by atoms with E-state index in [1.165, 1.54) is 5.56 Å². The summed E-state index contributed by atoms with van der Waals surface area (Å²) in [6.45, 7) is 9.72. The van der Waals surface area contributed by atoms with Crippen LogP contribution in [-0.2, 0) is 22.6 Å². The Labute approximate surface area is 173 Å². The predicted molar refractivity (Wildman–Crippen MR) is 115 cm³/mol. The molecule has 0 aliphatic heterocycles. The molecule has 0 saturated carbocycles. The summed E-state index contributed by atoms with van der Waals surface area (Å²) < 4.78 is 10.6. The molecule has 0 heterocycles. The van der Waals surface area contributed by atoms with Gasteiger partial charge in [-0.15, -0.1) is 6.58 Å². The van der Waals surface area contributed by atoms with Crippen LogP contribution in [0.5, 0.6) is 5.75 Å². The van der Waals surface area contributed by atoms with Gasteiger partial charge in [-0.1, -0.05) is 51.1 Å². The van der Waals surface area contributed by atoms with Crippen LogP contribution in [0.25, 0.3) is 0 Å². The van der Waals surface area contributed by atoms with Crippen LogP contribution in [0, 0.1) is 11.8 Å². The van der Waals surface area contributed by atoms with Crippen molar-refractivity contribution in [1.29, 1.82) is 0 Å². The molecule has 154 valence electrons. The number of carbonyl (C=O) groups is 2. The van der Waals surface area contributed by atoms with E-state index in [2.05, 4.69) is 13.5 Å². The molecule has 2 aromatic carbocycles. The second kappa shape index (κ2) is 11.2. The van der Waals surface area contributed by atoms with Crippen LogP contribution in [0.4, 0.5) is 0 Å². The molecule has 2 rings (SSSR count). The molecule has 0 radical (unpaired) electrons. The van der Waals surface area contributed by atoms with Gasteiger partial charge in [0.2, 0.25) is 0 Å². The Kier molecular flexibility index (Phi) is 8.66. The van der Waals surface area contributed by atoms with Gasteiger partial charge in [0.05, 0.1) is 11.5 Å². The summed E-state index contributed by atoms with van der Waals surface area (Å²) >= 11 is 0. The molecule has 1 unspecified atom stereocenters. The molecule has 0 aliphatic carbocycles. The Hall–Kier alpha value is -2.88. The van der Waals surface area contributed by atoms with Crippen LogP contribution >= 0.6 is 0 Å². The van der Waals surface area contributed by atoms with Crippen LogP contribution in [0.2, 0.25) is 0 Å². The number of rotatable bonds is 10. The normalized spacial score (nSPS) is 11.7. The minimum atomic E-state index is -0.355. The van der Waals surface area contributed by atoms with Crippen LogP contribution in [0.3, 0.4) is 0 Å². The number of hydrogen-bond donors (Lipinski definition) is 0. The molecule has 29 heavy (non-hydrogen) atoms.